The molecule has 6 nitrogen and oxygen atoms in total. The van der Waals surface area contributed by atoms with Crippen molar-refractivity contribution in [2.24, 2.45) is 0 Å². The van der Waals surface area contributed by atoms with E-state index in [1.54, 1.807) is 43.3 Å². The van der Waals surface area contributed by atoms with Gasteiger partial charge >= 0.3 is 0 Å². The Labute approximate surface area is 205 Å². The summed E-state index contributed by atoms with van der Waals surface area (Å²) in [5, 5.41) is 0.443. The van der Waals surface area contributed by atoms with Crippen LogP contribution in [0, 0.1) is 6.92 Å². The number of carbonyl (C=O) groups excluding carboxylic acids is 2. The van der Waals surface area contributed by atoms with Crippen molar-refractivity contribution in [3.63, 3.8) is 0 Å². The Morgan fingerprint density at radius 2 is 1.65 bits per heavy atom. The van der Waals surface area contributed by atoms with Gasteiger partial charge in [0.25, 0.3) is 15.9 Å². The Bertz CT molecular complexity index is 1520. The highest BCUT2D eigenvalue weighted by Crippen LogP contribution is 2.33. The molecular weight excluding hydrogens is 518 g/mol. The third-order valence-electron chi connectivity index (χ3n) is 5.20. The zero-order valence-corrected chi connectivity index (χ0v) is 20.8. The smallest absolute Gasteiger partial charge is 0.271 e. The molecule has 0 aliphatic rings. The molecule has 1 aromatic heterocycles. The number of hydrogen-bond acceptors (Lipinski definition) is 5. The van der Waals surface area contributed by atoms with Crippen LogP contribution >= 0.6 is 15.9 Å². The van der Waals surface area contributed by atoms with E-state index in [2.05, 4.69) is 15.9 Å². The third-order valence-corrected chi connectivity index (χ3v) is 7.47. The third kappa shape index (κ3) is 4.60. The molecule has 0 radical (unpaired) electrons. The van der Waals surface area contributed by atoms with Gasteiger partial charge in [-0.05, 0) is 68.0 Å². The Morgan fingerprint density at radius 3 is 2.29 bits per heavy atom. The molecule has 0 atom stereocenters. The summed E-state index contributed by atoms with van der Waals surface area (Å²) in [6.45, 7) is 3.08. The van der Waals surface area contributed by atoms with Gasteiger partial charge in [-0.25, -0.2) is 8.42 Å². The number of benzene rings is 3. The van der Waals surface area contributed by atoms with Gasteiger partial charge in [0.1, 0.15) is 11.3 Å². The minimum atomic E-state index is -4.27. The molecule has 0 saturated heterocycles. The number of sulfonamides is 1. The predicted octanol–water partition coefficient (Wildman–Crippen LogP) is 6.14. The highest BCUT2D eigenvalue weighted by Gasteiger charge is 2.30. The van der Waals surface area contributed by atoms with Crippen LogP contribution in [0.3, 0.4) is 0 Å². The van der Waals surface area contributed by atoms with Crippen molar-refractivity contribution in [1.82, 2.24) is 0 Å². The van der Waals surface area contributed by atoms with E-state index in [1.807, 2.05) is 18.2 Å². The number of furan rings is 1. The predicted molar refractivity (Wildman–Crippen MR) is 135 cm³/mol. The van der Waals surface area contributed by atoms with Crippen LogP contribution in [-0.2, 0) is 14.8 Å². The quantitative estimate of drug-likeness (QED) is 0.218. The zero-order valence-electron chi connectivity index (χ0n) is 18.4. The van der Waals surface area contributed by atoms with Gasteiger partial charge in [0, 0.05) is 15.9 Å². The summed E-state index contributed by atoms with van der Waals surface area (Å²) in [6, 6.07) is 19.6. The molecule has 0 aliphatic heterocycles. The average molecular weight is 538 g/mol. The molecule has 172 valence electrons. The van der Waals surface area contributed by atoms with Gasteiger partial charge in [0.05, 0.1) is 16.1 Å². The maximum absolute atomic E-state index is 13.6. The van der Waals surface area contributed by atoms with Crippen LogP contribution in [0.15, 0.2) is 92.7 Å². The highest BCUT2D eigenvalue weighted by molar-refractivity contribution is 9.10. The van der Waals surface area contributed by atoms with E-state index in [1.165, 1.54) is 37.3 Å². The number of hydrogen-bond donors (Lipinski definition) is 0. The van der Waals surface area contributed by atoms with Crippen LogP contribution in [-0.4, -0.2) is 20.1 Å². The van der Waals surface area contributed by atoms with Crippen molar-refractivity contribution in [2.75, 3.05) is 4.31 Å². The van der Waals surface area contributed by atoms with Crippen molar-refractivity contribution in [3.05, 3.63) is 100 Å². The fourth-order valence-corrected chi connectivity index (χ4v) is 5.31. The topological polar surface area (TPSA) is 84.7 Å². The van der Waals surface area contributed by atoms with Crippen molar-refractivity contribution in [3.8, 4) is 0 Å². The lowest BCUT2D eigenvalue weighted by Gasteiger charge is -2.21. The number of nitrogens with zero attached hydrogens (tertiary/aromatic N) is 1. The minimum absolute atomic E-state index is 0.0487. The van der Waals surface area contributed by atoms with Crippen molar-refractivity contribution >= 4 is 60.4 Å². The molecule has 0 N–H and O–H groups in total. The van der Waals surface area contributed by atoms with E-state index < -0.39 is 15.9 Å². The van der Waals surface area contributed by atoms with Crippen molar-refractivity contribution in [2.45, 2.75) is 18.7 Å². The summed E-state index contributed by atoms with van der Waals surface area (Å²) < 4.78 is 34.3. The summed E-state index contributed by atoms with van der Waals surface area (Å²) in [6.07, 6.45) is 2.76. The number of amides is 1. The summed E-state index contributed by atoms with van der Waals surface area (Å²) >= 11 is 3.30. The molecule has 8 heteroatoms. The number of aryl methyl sites for hydroxylation is 1. The maximum Gasteiger partial charge on any atom is 0.271 e. The SMILES string of the molecule is CC(=O)c1c(C)oc2ccc(N(C(=O)/C=C/c3ccccc3)S(=O)(=O)c3ccc(Br)cc3)cc12. The van der Waals surface area contributed by atoms with Gasteiger partial charge in [0.15, 0.2) is 5.78 Å². The second-order valence-corrected chi connectivity index (χ2v) is 10.3. The average Bonchev–Trinajstić information content (AvgIpc) is 3.14. The zero-order chi connectivity index (χ0) is 24.5. The molecule has 3 aromatic carbocycles. The molecular formula is C26H20BrNO5S. The van der Waals surface area contributed by atoms with Gasteiger partial charge in [-0.2, -0.15) is 4.31 Å². The fourth-order valence-electron chi connectivity index (χ4n) is 3.67. The number of rotatable bonds is 6. The fraction of sp³-hybridized carbons (Fsp3) is 0.0769. The second-order valence-electron chi connectivity index (χ2n) is 7.58. The lowest BCUT2D eigenvalue weighted by molar-refractivity contribution is -0.113. The van der Waals surface area contributed by atoms with E-state index in [0.717, 1.165) is 9.87 Å². The van der Waals surface area contributed by atoms with Gasteiger partial charge in [-0.15, -0.1) is 0 Å². The van der Waals surface area contributed by atoms with E-state index in [0.29, 0.717) is 26.8 Å². The molecule has 0 fully saturated rings. The van der Waals surface area contributed by atoms with Crippen LogP contribution in [0.25, 0.3) is 17.0 Å². The molecule has 0 aliphatic carbocycles. The van der Waals surface area contributed by atoms with E-state index in [4.69, 9.17) is 4.42 Å². The van der Waals surface area contributed by atoms with Crippen LogP contribution in [0.4, 0.5) is 5.69 Å². The first-order chi connectivity index (χ1) is 16.2. The molecule has 0 bridgehead atoms. The number of Topliss-reactive ketones (excluding diaryl/α,β-unsaturated/α-hetero) is 1. The number of fused-ring (bicyclic) bond motifs is 1. The molecule has 0 saturated carbocycles. The minimum Gasteiger partial charge on any atom is -0.461 e. The lowest BCUT2D eigenvalue weighted by atomic mass is 10.1. The maximum atomic E-state index is 13.6. The Morgan fingerprint density at radius 1 is 0.971 bits per heavy atom. The number of anilines is 1. The highest BCUT2D eigenvalue weighted by atomic mass is 79.9. The molecule has 4 aromatic rings. The lowest BCUT2D eigenvalue weighted by Crippen LogP contribution is -2.35. The first-order valence-corrected chi connectivity index (χ1v) is 12.5. The Balaban J connectivity index is 1.88. The number of ketones is 1. The van der Waals surface area contributed by atoms with Crippen LogP contribution in [0.5, 0.6) is 0 Å². The summed E-state index contributed by atoms with van der Waals surface area (Å²) in [4.78, 5) is 25.5. The molecule has 1 amide bonds. The molecule has 0 unspecified atom stereocenters. The van der Waals surface area contributed by atoms with Crippen LogP contribution < -0.4 is 4.31 Å². The van der Waals surface area contributed by atoms with Gasteiger partial charge in [0.2, 0.25) is 0 Å². The van der Waals surface area contributed by atoms with E-state index in [9.17, 15) is 18.0 Å². The van der Waals surface area contributed by atoms with E-state index in [-0.39, 0.29) is 16.4 Å². The number of halogens is 1. The normalized spacial score (nSPS) is 11.7. The largest absolute Gasteiger partial charge is 0.461 e. The molecule has 4 rings (SSSR count). The molecule has 1 heterocycles. The van der Waals surface area contributed by atoms with E-state index >= 15 is 0 Å². The first-order valence-electron chi connectivity index (χ1n) is 10.3. The summed E-state index contributed by atoms with van der Waals surface area (Å²) in [5.74, 6) is -0.543. The van der Waals surface area contributed by atoms with Crippen LogP contribution in [0.1, 0.15) is 28.6 Å². The monoisotopic (exact) mass is 537 g/mol. The standard InChI is InChI=1S/C26H20BrNO5S/c1-17(29)26-18(2)33-24-14-11-21(16-23(24)26)28(25(30)15-8-19-6-4-3-5-7-19)34(31,32)22-12-9-20(27)10-13-22/h3-16H,1-2H3/b15-8+. The Hall–Kier alpha value is -3.49. The van der Waals surface area contributed by atoms with Gasteiger partial charge in [-0.1, -0.05) is 46.3 Å². The Kier molecular flexibility index (Phi) is 6.54. The van der Waals surface area contributed by atoms with Crippen molar-refractivity contribution in [1.29, 1.82) is 0 Å². The first kappa shape index (κ1) is 23.7. The number of carbonyl (C=O) groups is 2. The van der Waals surface area contributed by atoms with Crippen LogP contribution in [0.2, 0.25) is 0 Å². The van der Waals surface area contributed by atoms with Crippen molar-refractivity contribution < 1.29 is 22.4 Å². The molecule has 34 heavy (non-hydrogen) atoms. The summed E-state index contributed by atoms with van der Waals surface area (Å²) in [7, 11) is -4.27. The second kappa shape index (κ2) is 9.40. The summed E-state index contributed by atoms with van der Waals surface area (Å²) in [5.41, 5.74) is 1.63. The molecule has 0 spiro atoms. The van der Waals surface area contributed by atoms with Gasteiger partial charge in [-0.3, -0.25) is 9.59 Å². The van der Waals surface area contributed by atoms with Gasteiger partial charge < -0.3 is 4.42 Å².